The number of hydrogen-bond donors (Lipinski definition) is 1. The number of para-hydroxylation sites is 1. The van der Waals surface area contributed by atoms with Crippen LogP contribution in [-0.2, 0) is 4.74 Å². The second kappa shape index (κ2) is 9.09. The Morgan fingerprint density at radius 2 is 1.90 bits per heavy atom. The Kier molecular flexibility index (Phi) is 7.08. The molecule has 2 nitrogen and oxygen atoms in total. The fraction of sp³-hybridized carbons (Fsp3) is 0.684. The molecule has 0 radical (unpaired) electrons. The topological polar surface area (TPSA) is 29.5 Å². The number of rotatable bonds is 8. The van der Waals surface area contributed by atoms with Gasteiger partial charge in [-0.15, -0.1) is 0 Å². The number of hydrogen-bond acceptors (Lipinski definition) is 2. The van der Waals surface area contributed by atoms with Crippen molar-refractivity contribution in [1.29, 1.82) is 0 Å². The average Bonchev–Trinajstić information content (AvgIpc) is 2.53. The van der Waals surface area contributed by atoms with Crippen molar-refractivity contribution in [3.8, 4) is 5.75 Å². The van der Waals surface area contributed by atoms with Gasteiger partial charge in [0.1, 0.15) is 5.75 Å². The standard InChI is InChI=1S/C19H30O2/c1-2-3-5-10-16(18-13-8-9-14-19(18)20)15-21-17-11-6-4-7-12-17/h8-9,13-14,16-17,20H,2-7,10-12,15H2,1H3. The molecule has 1 atom stereocenters. The molecule has 0 heterocycles. The van der Waals surface area contributed by atoms with Crippen LogP contribution in [0, 0.1) is 0 Å². The van der Waals surface area contributed by atoms with Crippen LogP contribution in [0.15, 0.2) is 24.3 Å². The molecule has 1 aliphatic carbocycles. The van der Waals surface area contributed by atoms with E-state index >= 15 is 0 Å². The van der Waals surface area contributed by atoms with Crippen LogP contribution in [0.3, 0.4) is 0 Å². The van der Waals surface area contributed by atoms with E-state index in [9.17, 15) is 5.11 Å². The van der Waals surface area contributed by atoms with Gasteiger partial charge < -0.3 is 9.84 Å². The molecule has 0 spiro atoms. The predicted molar refractivity (Wildman–Crippen MR) is 87.8 cm³/mol. The molecule has 1 fully saturated rings. The van der Waals surface area contributed by atoms with Crippen LogP contribution in [0.1, 0.15) is 76.2 Å². The van der Waals surface area contributed by atoms with E-state index in [1.54, 1.807) is 6.07 Å². The van der Waals surface area contributed by atoms with Crippen LogP contribution in [-0.4, -0.2) is 17.8 Å². The molecular weight excluding hydrogens is 260 g/mol. The molecule has 1 aromatic carbocycles. The summed E-state index contributed by atoms with van der Waals surface area (Å²) in [7, 11) is 0. The zero-order valence-corrected chi connectivity index (χ0v) is 13.4. The highest BCUT2D eigenvalue weighted by Crippen LogP contribution is 2.31. The van der Waals surface area contributed by atoms with Crippen molar-refractivity contribution in [3.63, 3.8) is 0 Å². The van der Waals surface area contributed by atoms with Crippen LogP contribution in [0.25, 0.3) is 0 Å². The molecule has 1 unspecified atom stereocenters. The lowest BCUT2D eigenvalue weighted by molar-refractivity contribution is 0.0183. The molecule has 118 valence electrons. The lowest BCUT2D eigenvalue weighted by atomic mass is 9.92. The van der Waals surface area contributed by atoms with E-state index in [0.29, 0.717) is 17.8 Å². The molecule has 2 rings (SSSR count). The molecular formula is C19H30O2. The molecule has 1 saturated carbocycles. The second-order valence-electron chi connectivity index (χ2n) is 6.34. The molecule has 0 aromatic heterocycles. The number of benzene rings is 1. The van der Waals surface area contributed by atoms with Crippen LogP contribution in [0.5, 0.6) is 5.75 Å². The molecule has 0 bridgehead atoms. The first-order chi connectivity index (χ1) is 10.3. The fourth-order valence-electron chi connectivity index (χ4n) is 3.29. The molecule has 21 heavy (non-hydrogen) atoms. The molecule has 1 N–H and O–H groups in total. The summed E-state index contributed by atoms with van der Waals surface area (Å²) in [5.74, 6) is 0.755. The monoisotopic (exact) mass is 290 g/mol. The normalized spacial score (nSPS) is 17.8. The average molecular weight is 290 g/mol. The lowest BCUT2D eigenvalue weighted by Gasteiger charge is -2.25. The van der Waals surface area contributed by atoms with Crippen LogP contribution >= 0.6 is 0 Å². The summed E-state index contributed by atoms with van der Waals surface area (Å²) in [5.41, 5.74) is 1.06. The van der Waals surface area contributed by atoms with Gasteiger partial charge in [0.05, 0.1) is 12.7 Å². The molecule has 2 heteroatoms. The highest BCUT2D eigenvalue weighted by molar-refractivity contribution is 5.34. The maximum absolute atomic E-state index is 10.1. The molecule has 1 aromatic rings. The third kappa shape index (κ3) is 5.35. The Labute approximate surface area is 129 Å². The van der Waals surface area contributed by atoms with E-state index in [4.69, 9.17) is 4.74 Å². The first-order valence-electron chi connectivity index (χ1n) is 8.70. The fourth-order valence-corrected chi connectivity index (χ4v) is 3.29. The van der Waals surface area contributed by atoms with Crippen molar-refractivity contribution < 1.29 is 9.84 Å². The van der Waals surface area contributed by atoms with E-state index in [0.717, 1.165) is 18.6 Å². The van der Waals surface area contributed by atoms with Crippen molar-refractivity contribution in [2.24, 2.45) is 0 Å². The predicted octanol–water partition coefficient (Wildman–Crippen LogP) is 5.41. The van der Waals surface area contributed by atoms with Crippen molar-refractivity contribution in [2.45, 2.75) is 76.7 Å². The summed E-state index contributed by atoms with van der Waals surface area (Å²) in [6, 6.07) is 7.76. The first-order valence-corrected chi connectivity index (χ1v) is 8.70. The van der Waals surface area contributed by atoms with Gasteiger partial charge in [-0.25, -0.2) is 0 Å². The number of phenols is 1. The lowest BCUT2D eigenvalue weighted by Crippen LogP contribution is -2.20. The molecule has 0 amide bonds. The molecule has 0 aliphatic heterocycles. The molecule has 0 saturated heterocycles. The summed E-state index contributed by atoms with van der Waals surface area (Å²) < 4.78 is 6.17. The minimum absolute atomic E-state index is 0.333. The SMILES string of the molecule is CCCCCC(COC1CCCCC1)c1ccccc1O. The quantitative estimate of drug-likeness (QED) is 0.649. The smallest absolute Gasteiger partial charge is 0.119 e. The zero-order valence-electron chi connectivity index (χ0n) is 13.4. The van der Waals surface area contributed by atoms with Crippen LogP contribution in [0.4, 0.5) is 0 Å². The number of unbranched alkanes of at least 4 members (excludes halogenated alkanes) is 2. The minimum atomic E-state index is 0.333. The summed E-state index contributed by atoms with van der Waals surface area (Å²) in [5, 5.41) is 10.1. The highest BCUT2D eigenvalue weighted by atomic mass is 16.5. The molecule has 1 aliphatic rings. The minimum Gasteiger partial charge on any atom is -0.508 e. The van der Waals surface area contributed by atoms with Gasteiger partial charge in [-0.2, -0.15) is 0 Å². The van der Waals surface area contributed by atoms with Gasteiger partial charge >= 0.3 is 0 Å². The number of phenolic OH excluding ortho intramolecular Hbond substituents is 1. The van der Waals surface area contributed by atoms with Crippen molar-refractivity contribution >= 4 is 0 Å². The first kappa shape index (κ1) is 16.4. The van der Waals surface area contributed by atoms with Crippen molar-refractivity contribution in [2.75, 3.05) is 6.61 Å². The Balaban J connectivity index is 1.93. The Morgan fingerprint density at radius 3 is 2.62 bits per heavy atom. The van der Waals surface area contributed by atoms with E-state index in [-0.39, 0.29) is 0 Å². The zero-order chi connectivity index (χ0) is 14.9. The summed E-state index contributed by atoms with van der Waals surface area (Å²) >= 11 is 0. The van der Waals surface area contributed by atoms with Gasteiger partial charge in [0.25, 0.3) is 0 Å². The van der Waals surface area contributed by atoms with E-state index < -0.39 is 0 Å². The van der Waals surface area contributed by atoms with Gasteiger partial charge in [0, 0.05) is 5.92 Å². The van der Waals surface area contributed by atoms with Gasteiger partial charge in [-0.05, 0) is 30.9 Å². The van der Waals surface area contributed by atoms with Gasteiger partial charge in [0.15, 0.2) is 0 Å². The Bertz CT molecular complexity index is 396. The van der Waals surface area contributed by atoms with E-state index in [1.165, 1.54) is 51.4 Å². The summed E-state index contributed by atoms with van der Waals surface area (Å²) in [6.07, 6.45) is 11.7. The Hall–Kier alpha value is -1.02. The van der Waals surface area contributed by atoms with Crippen molar-refractivity contribution in [3.05, 3.63) is 29.8 Å². The largest absolute Gasteiger partial charge is 0.508 e. The summed E-state index contributed by atoms with van der Waals surface area (Å²) in [4.78, 5) is 0. The maximum Gasteiger partial charge on any atom is 0.119 e. The van der Waals surface area contributed by atoms with Gasteiger partial charge in [0.2, 0.25) is 0 Å². The van der Waals surface area contributed by atoms with Crippen molar-refractivity contribution in [1.82, 2.24) is 0 Å². The van der Waals surface area contributed by atoms with E-state index in [1.807, 2.05) is 12.1 Å². The van der Waals surface area contributed by atoms with Gasteiger partial charge in [-0.3, -0.25) is 0 Å². The third-order valence-corrected chi connectivity index (χ3v) is 4.62. The Morgan fingerprint density at radius 1 is 1.14 bits per heavy atom. The highest BCUT2D eigenvalue weighted by Gasteiger charge is 2.19. The second-order valence-corrected chi connectivity index (χ2v) is 6.34. The van der Waals surface area contributed by atoms with Crippen LogP contribution < -0.4 is 0 Å². The maximum atomic E-state index is 10.1. The van der Waals surface area contributed by atoms with E-state index in [2.05, 4.69) is 13.0 Å². The number of ether oxygens (including phenoxy) is 1. The summed E-state index contributed by atoms with van der Waals surface area (Å²) in [6.45, 7) is 2.99. The third-order valence-electron chi connectivity index (χ3n) is 4.62. The van der Waals surface area contributed by atoms with Crippen LogP contribution in [0.2, 0.25) is 0 Å². The van der Waals surface area contributed by atoms with Gasteiger partial charge in [-0.1, -0.05) is 63.6 Å². The number of aromatic hydroxyl groups is 1.